The fraction of sp³-hybridized carbons (Fsp3) is 0.812. The van der Waals surface area contributed by atoms with E-state index in [-0.39, 0.29) is 0 Å². The summed E-state index contributed by atoms with van der Waals surface area (Å²) >= 11 is 0. The summed E-state index contributed by atoms with van der Waals surface area (Å²) in [6, 6.07) is 0. The largest absolute Gasteiger partial charge is 0.316 e. The first-order valence-electron chi connectivity index (χ1n) is 8.00. The first kappa shape index (κ1) is 16.2. The summed E-state index contributed by atoms with van der Waals surface area (Å²) in [5, 5.41) is 8.09. The zero-order valence-electron chi connectivity index (χ0n) is 13.3. The predicted molar refractivity (Wildman–Crippen MR) is 82.5 cm³/mol. The lowest BCUT2D eigenvalue weighted by atomic mass is 10.1. The van der Waals surface area contributed by atoms with Gasteiger partial charge in [-0.15, -0.1) is 0 Å². The highest BCUT2D eigenvalue weighted by molar-refractivity contribution is 5.26. The van der Waals surface area contributed by atoms with Crippen molar-refractivity contribution >= 4 is 0 Å². The van der Waals surface area contributed by atoms with Gasteiger partial charge < -0.3 is 5.32 Å². The molecule has 0 radical (unpaired) electrons. The quantitative estimate of drug-likeness (QED) is 0.654. The zero-order chi connectivity index (χ0) is 14.1. The number of aryl methyl sites for hydroxylation is 2. The van der Waals surface area contributed by atoms with E-state index in [1.165, 1.54) is 49.1 Å². The number of unbranched alkanes of at least 4 members (excludes halogenated alkanes) is 4. The van der Waals surface area contributed by atoms with Gasteiger partial charge in [-0.05, 0) is 26.3 Å². The zero-order valence-corrected chi connectivity index (χ0v) is 13.3. The fourth-order valence-electron chi connectivity index (χ4n) is 2.70. The first-order valence-corrected chi connectivity index (χ1v) is 8.00. The average Bonchev–Trinajstić information content (AvgIpc) is 2.76. The molecule has 0 saturated heterocycles. The molecule has 1 heterocycles. The van der Waals surface area contributed by atoms with Gasteiger partial charge >= 0.3 is 0 Å². The van der Waals surface area contributed by atoms with E-state index in [1.807, 2.05) is 7.05 Å². The molecule has 0 amide bonds. The van der Waals surface area contributed by atoms with Gasteiger partial charge in [-0.3, -0.25) is 4.68 Å². The normalized spacial score (nSPS) is 11.2. The molecular weight excluding hydrogens is 234 g/mol. The third kappa shape index (κ3) is 4.64. The van der Waals surface area contributed by atoms with E-state index in [2.05, 4.69) is 30.8 Å². The summed E-state index contributed by atoms with van der Waals surface area (Å²) < 4.78 is 2.26. The van der Waals surface area contributed by atoms with Crippen LogP contribution in [0.25, 0.3) is 0 Å². The van der Waals surface area contributed by atoms with Crippen LogP contribution in [0.1, 0.15) is 69.8 Å². The van der Waals surface area contributed by atoms with Gasteiger partial charge in [-0.25, -0.2) is 0 Å². The van der Waals surface area contributed by atoms with Gasteiger partial charge in [0.1, 0.15) is 0 Å². The van der Waals surface area contributed by atoms with E-state index in [0.29, 0.717) is 0 Å². The van der Waals surface area contributed by atoms with Crippen LogP contribution in [0.15, 0.2) is 0 Å². The molecule has 1 rings (SSSR count). The Kier molecular flexibility index (Phi) is 7.80. The van der Waals surface area contributed by atoms with E-state index in [1.54, 1.807) is 0 Å². The van der Waals surface area contributed by atoms with Crippen molar-refractivity contribution in [1.29, 1.82) is 0 Å². The molecule has 3 heteroatoms. The lowest BCUT2D eigenvalue weighted by Crippen LogP contribution is -2.10. The molecule has 0 spiro atoms. The third-order valence-corrected chi connectivity index (χ3v) is 3.75. The second-order valence-corrected chi connectivity index (χ2v) is 5.25. The highest BCUT2D eigenvalue weighted by atomic mass is 15.3. The number of rotatable bonds is 10. The van der Waals surface area contributed by atoms with Crippen LogP contribution in [-0.2, 0) is 25.9 Å². The molecule has 0 aromatic carbocycles. The van der Waals surface area contributed by atoms with Gasteiger partial charge in [-0.1, -0.05) is 46.5 Å². The second-order valence-electron chi connectivity index (χ2n) is 5.25. The van der Waals surface area contributed by atoms with Crippen molar-refractivity contribution in [2.24, 2.45) is 0 Å². The molecule has 1 aromatic rings. The van der Waals surface area contributed by atoms with Crippen molar-refractivity contribution in [2.75, 3.05) is 7.05 Å². The monoisotopic (exact) mass is 265 g/mol. The van der Waals surface area contributed by atoms with Crippen molar-refractivity contribution < 1.29 is 0 Å². The molecule has 110 valence electrons. The first-order chi connectivity index (χ1) is 9.28. The van der Waals surface area contributed by atoms with Crippen LogP contribution in [0.4, 0.5) is 0 Å². The number of aromatic nitrogens is 2. The van der Waals surface area contributed by atoms with Crippen molar-refractivity contribution in [3.8, 4) is 0 Å². The van der Waals surface area contributed by atoms with Crippen molar-refractivity contribution in [3.63, 3.8) is 0 Å². The Morgan fingerprint density at radius 2 is 1.74 bits per heavy atom. The van der Waals surface area contributed by atoms with E-state index in [9.17, 15) is 0 Å². The van der Waals surface area contributed by atoms with Gasteiger partial charge in [-0.2, -0.15) is 5.10 Å². The van der Waals surface area contributed by atoms with Crippen LogP contribution in [0.3, 0.4) is 0 Å². The number of nitrogens with one attached hydrogen (secondary N) is 1. The maximum atomic E-state index is 4.81. The molecule has 0 aliphatic heterocycles. The molecule has 0 bridgehead atoms. The molecule has 0 aliphatic carbocycles. The van der Waals surface area contributed by atoms with Crippen molar-refractivity contribution in [3.05, 3.63) is 17.0 Å². The molecule has 0 aliphatic rings. The number of hydrogen-bond donors (Lipinski definition) is 1. The van der Waals surface area contributed by atoms with Gasteiger partial charge in [0.05, 0.1) is 5.69 Å². The van der Waals surface area contributed by atoms with Gasteiger partial charge in [0.2, 0.25) is 0 Å². The minimum atomic E-state index is 0.947. The molecular formula is C16H31N3. The fourth-order valence-corrected chi connectivity index (χ4v) is 2.70. The van der Waals surface area contributed by atoms with Crippen LogP contribution in [0.5, 0.6) is 0 Å². The highest BCUT2D eigenvalue weighted by Crippen LogP contribution is 2.17. The van der Waals surface area contributed by atoms with E-state index in [4.69, 9.17) is 5.10 Å². The summed E-state index contributed by atoms with van der Waals surface area (Å²) in [6.07, 6.45) is 8.75. The van der Waals surface area contributed by atoms with Crippen LogP contribution >= 0.6 is 0 Å². The maximum absolute atomic E-state index is 4.81. The lowest BCUT2D eigenvalue weighted by molar-refractivity contribution is 0.515. The van der Waals surface area contributed by atoms with Crippen LogP contribution in [-0.4, -0.2) is 16.8 Å². The highest BCUT2D eigenvalue weighted by Gasteiger charge is 2.14. The average molecular weight is 265 g/mol. The lowest BCUT2D eigenvalue weighted by Gasteiger charge is -2.07. The molecule has 3 nitrogen and oxygen atoms in total. The Labute approximate surface area is 118 Å². The van der Waals surface area contributed by atoms with Crippen molar-refractivity contribution in [2.45, 2.75) is 78.8 Å². The Morgan fingerprint density at radius 3 is 2.32 bits per heavy atom. The summed E-state index contributed by atoms with van der Waals surface area (Å²) in [5.41, 5.74) is 4.14. The minimum Gasteiger partial charge on any atom is -0.316 e. The Morgan fingerprint density at radius 1 is 1.00 bits per heavy atom. The summed E-state index contributed by atoms with van der Waals surface area (Å²) in [7, 11) is 2.01. The summed E-state index contributed by atoms with van der Waals surface area (Å²) in [6.45, 7) is 8.74. The molecule has 1 N–H and O–H groups in total. The standard InChI is InChI=1S/C16H31N3/c1-5-8-9-10-11-12-19-16(7-3)14(13-17-4)15(6-2)18-19/h17H,5-13H2,1-4H3. The third-order valence-electron chi connectivity index (χ3n) is 3.75. The van der Waals surface area contributed by atoms with Gasteiger partial charge in [0.15, 0.2) is 0 Å². The molecule has 19 heavy (non-hydrogen) atoms. The van der Waals surface area contributed by atoms with E-state index in [0.717, 1.165) is 25.9 Å². The smallest absolute Gasteiger partial charge is 0.0669 e. The van der Waals surface area contributed by atoms with Crippen molar-refractivity contribution in [1.82, 2.24) is 15.1 Å². The Hall–Kier alpha value is -0.830. The molecule has 0 atom stereocenters. The minimum absolute atomic E-state index is 0.947. The van der Waals surface area contributed by atoms with E-state index >= 15 is 0 Å². The summed E-state index contributed by atoms with van der Waals surface area (Å²) in [5.74, 6) is 0. The van der Waals surface area contributed by atoms with Crippen LogP contribution in [0.2, 0.25) is 0 Å². The number of nitrogens with zero attached hydrogens (tertiary/aromatic N) is 2. The molecule has 0 fully saturated rings. The van der Waals surface area contributed by atoms with Gasteiger partial charge in [0.25, 0.3) is 0 Å². The molecule has 0 saturated carbocycles. The van der Waals surface area contributed by atoms with E-state index < -0.39 is 0 Å². The molecule has 1 aromatic heterocycles. The van der Waals surface area contributed by atoms with Gasteiger partial charge in [0, 0.05) is 24.3 Å². The molecule has 0 unspecified atom stereocenters. The predicted octanol–water partition coefficient (Wildman–Crippen LogP) is 3.70. The topological polar surface area (TPSA) is 29.9 Å². The Balaban J connectivity index is 2.65. The SMILES string of the molecule is CCCCCCCn1nc(CC)c(CNC)c1CC. The Bertz CT molecular complexity index is 355. The van der Waals surface area contributed by atoms with Crippen LogP contribution < -0.4 is 5.32 Å². The number of hydrogen-bond acceptors (Lipinski definition) is 2. The second kappa shape index (κ2) is 9.13. The summed E-state index contributed by atoms with van der Waals surface area (Å²) in [4.78, 5) is 0. The maximum Gasteiger partial charge on any atom is 0.0669 e. The van der Waals surface area contributed by atoms with Crippen LogP contribution in [0, 0.1) is 0 Å².